The lowest BCUT2D eigenvalue weighted by molar-refractivity contribution is -0.121. The smallest absolute Gasteiger partial charge is 0.321 e. The monoisotopic (exact) mass is 339 g/mol. The lowest BCUT2D eigenvalue weighted by Crippen LogP contribution is -2.46. The van der Waals surface area contributed by atoms with E-state index in [9.17, 15) is 9.59 Å². The van der Waals surface area contributed by atoms with E-state index in [1.54, 1.807) is 0 Å². The summed E-state index contributed by atoms with van der Waals surface area (Å²) in [6.45, 7) is 0.841. The van der Waals surface area contributed by atoms with Crippen molar-refractivity contribution in [3.05, 3.63) is 48.0 Å². The van der Waals surface area contributed by atoms with Gasteiger partial charge in [-0.2, -0.15) is 0 Å². The number of carbonyl (C=O) groups excluding carboxylic acids is 2. The first-order valence-corrected chi connectivity index (χ1v) is 8.87. The number of fused-ring (bicyclic) bond motifs is 1. The van der Waals surface area contributed by atoms with Crippen LogP contribution in [0.1, 0.15) is 31.2 Å². The van der Waals surface area contributed by atoms with Crippen LogP contribution < -0.4 is 10.6 Å². The molecule has 25 heavy (non-hydrogen) atoms. The van der Waals surface area contributed by atoms with Crippen LogP contribution >= 0.6 is 0 Å². The second-order valence-corrected chi connectivity index (χ2v) is 6.86. The van der Waals surface area contributed by atoms with E-state index in [0.29, 0.717) is 6.54 Å². The Hall–Kier alpha value is -2.40. The number of rotatable bonds is 5. The van der Waals surface area contributed by atoms with Crippen molar-refractivity contribution in [2.24, 2.45) is 0 Å². The van der Waals surface area contributed by atoms with Crippen molar-refractivity contribution in [2.45, 2.75) is 38.3 Å². The van der Waals surface area contributed by atoms with Gasteiger partial charge in [-0.1, -0.05) is 49.2 Å². The van der Waals surface area contributed by atoms with Crippen molar-refractivity contribution in [3.8, 4) is 0 Å². The summed E-state index contributed by atoms with van der Waals surface area (Å²) in [4.78, 5) is 25.8. The molecule has 0 spiro atoms. The van der Waals surface area contributed by atoms with E-state index in [4.69, 9.17) is 0 Å². The van der Waals surface area contributed by atoms with Crippen molar-refractivity contribution in [2.75, 3.05) is 13.6 Å². The van der Waals surface area contributed by atoms with Gasteiger partial charge in [0.25, 0.3) is 0 Å². The average molecular weight is 339 g/mol. The van der Waals surface area contributed by atoms with Gasteiger partial charge in [0.15, 0.2) is 0 Å². The number of nitrogens with one attached hydrogen (secondary N) is 2. The highest BCUT2D eigenvalue weighted by molar-refractivity contribution is 5.95. The number of likely N-dealkylation sites (N-methyl/N-ethyl adjacent to an activating group) is 1. The van der Waals surface area contributed by atoms with Gasteiger partial charge in [-0.3, -0.25) is 15.0 Å². The predicted octanol–water partition coefficient (Wildman–Crippen LogP) is 3.04. The molecule has 1 fully saturated rings. The first kappa shape index (κ1) is 17.4. The Bertz CT molecular complexity index is 753. The third-order valence-corrected chi connectivity index (χ3v) is 4.62. The topological polar surface area (TPSA) is 61.4 Å². The molecule has 2 aromatic rings. The first-order chi connectivity index (χ1) is 12.1. The van der Waals surface area contributed by atoms with Crippen LogP contribution in [0.4, 0.5) is 4.79 Å². The summed E-state index contributed by atoms with van der Waals surface area (Å²) < 4.78 is 0. The minimum absolute atomic E-state index is 0.185. The fourth-order valence-electron chi connectivity index (χ4n) is 3.41. The van der Waals surface area contributed by atoms with Crippen LogP contribution in [0, 0.1) is 0 Å². The first-order valence-electron chi connectivity index (χ1n) is 8.87. The van der Waals surface area contributed by atoms with E-state index in [2.05, 4.69) is 41.0 Å². The largest absolute Gasteiger partial charge is 0.335 e. The van der Waals surface area contributed by atoms with Gasteiger partial charge >= 0.3 is 6.03 Å². The normalized spacial score (nSPS) is 14.8. The van der Waals surface area contributed by atoms with Gasteiger partial charge in [-0.25, -0.2) is 4.79 Å². The van der Waals surface area contributed by atoms with Gasteiger partial charge in [0.05, 0.1) is 6.54 Å². The molecule has 0 radical (unpaired) electrons. The third kappa shape index (κ3) is 5.03. The number of amides is 3. The molecular weight excluding hydrogens is 314 g/mol. The molecule has 132 valence electrons. The minimum Gasteiger partial charge on any atom is -0.335 e. The van der Waals surface area contributed by atoms with Crippen molar-refractivity contribution in [1.29, 1.82) is 0 Å². The van der Waals surface area contributed by atoms with E-state index in [-0.39, 0.29) is 24.5 Å². The Morgan fingerprint density at radius 3 is 2.56 bits per heavy atom. The molecule has 0 bridgehead atoms. The molecular formula is C20H25N3O2. The Kier molecular flexibility index (Phi) is 5.66. The second-order valence-electron chi connectivity index (χ2n) is 6.86. The van der Waals surface area contributed by atoms with Crippen LogP contribution in [-0.2, 0) is 11.3 Å². The quantitative estimate of drug-likeness (QED) is 0.880. The van der Waals surface area contributed by atoms with Crippen LogP contribution in [0.3, 0.4) is 0 Å². The summed E-state index contributed by atoms with van der Waals surface area (Å²) in [5.74, 6) is -0.279. The number of imide groups is 1. The number of carbonyl (C=O) groups is 2. The molecule has 1 aliphatic carbocycles. The molecule has 5 heteroatoms. The highest BCUT2D eigenvalue weighted by Crippen LogP contribution is 2.17. The van der Waals surface area contributed by atoms with Crippen molar-refractivity contribution < 1.29 is 9.59 Å². The maximum Gasteiger partial charge on any atom is 0.321 e. The van der Waals surface area contributed by atoms with Gasteiger partial charge in [-0.15, -0.1) is 0 Å². The molecule has 3 rings (SSSR count). The molecule has 0 saturated heterocycles. The summed E-state index contributed by atoms with van der Waals surface area (Å²) >= 11 is 0. The van der Waals surface area contributed by atoms with Crippen LogP contribution in [0.15, 0.2) is 42.5 Å². The maximum absolute atomic E-state index is 12.0. The Labute approximate surface area is 148 Å². The van der Waals surface area contributed by atoms with Crippen molar-refractivity contribution >= 4 is 22.7 Å². The van der Waals surface area contributed by atoms with E-state index in [1.165, 1.54) is 10.8 Å². The SMILES string of the molecule is CN(CC(=O)NC(=O)NC1CCCC1)Cc1ccc2ccccc2c1. The minimum atomic E-state index is -0.379. The third-order valence-electron chi connectivity index (χ3n) is 4.62. The molecule has 0 aromatic heterocycles. The Morgan fingerprint density at radius 1 is 1.08 bits per heavy atom. The van der Waals surface area contributed by atoms with Gasteiger partial charge in [0.2, 0.25) is 5.91 Å². The molecule has 2 N–H and O–H groups in total. The Morgan fingerprint density at radius 2 is 1.80 bits per heavy atom. The molecule has 0 heterocycles. The lowest BCUT2D eigenvalue weighted by Gasteiger charge is -2.17. The fourth-order valence-corrected chi connectivity index (χ4v) is 3.41. The van der Waals surface area contributed by atoms with E-state index in [0.717, 1.165) is 31.2 Å². The highest BCUT2D eigenvalue weighted by Gasteiger charge is 2.18. The summed E-state index contributed by atoms with van der Waals surface area (Å²) in [6, 6.07) is 14.3. The summed E-state index contributed by atoms with van der Waals surface area (Å²) in [7, 11) is 1.88. The molecule has 2 aromatic carbocycles. The fraction of sp³-hybridized carbons (Fsp3) is 0.400. The van der Waals surface area contributed by atoms with E-state index < -0.39 is 0 Å². The van der Waals surface area contributed by atoms with Crippen LogP contribution in [0.2, 0.25) is 0 Å². The standard InChI is InChI=1S/C20H25N3O2/c1-23(13-15-10-11-16-6-2-3-7-17(16)12-15)14-19(24)22-20(25)21-18-8-4-5-9-18/h2-3,6-7,10-12,18H,4-5,8-9,13-14H2,1H3,(H2,21,22,24,25). The van der Waals surface area contributed by atoms with E-state index in [1.807, 2.05) is 24.1 Å². The predicted molar refractivity (Wildman–Crippen MR) is 99.2 cm³/mol. The maximum atomic E-state index is 12.0. The number of hydrogen-bond donors (Lipinski definition) is 2. The number of urea groups is 1. The molecule has 0 unspecified atom stereocenters. The summed E-state index contributed by atoms with van der Waals surface area (Å²) in [5.41, 5.74) is 1.14. The number of hydrogen-bond acceptors (Lipinski definition) is 3. The zero-order valence-electron chi connectivity index (χ0n) is 14.6. The van der Waals surface area contributed by atoms with Gasteiger partial charge < -0.3 is 5.32 Å². The van der Waals surface area contributed by atoms with Gasteiger partial charge in [-0.05, 0) is 42.3 Å². The molecule has 1 aliphatic rings. The molecule has 1 saturated carbocycles. The molecule has 5 nitrogen and oxygen atoms in total. The van der Waals surface area contributed by atoms with Crippen LogP contribution in [0.5, 0.6) is 0 Å². The number of nitrogens with zero attached hydrogens (tertiary/aromatic N) is 1. The van der Waals surface area contributed by atoms with E-state index >= 15 is 0 Å². The van der Waals surface area contributed by atoms with Gasteiger partial charge in [0, 0.05) is 12.6 Å². The zero-order valence-corrected chi connectivity index (χ0v) is 14.6. The second kappa shape index (κ2) is 8.12. The molecule has 0 atom stereocenters. The molecule has 0 aliphatic heterocycles. The van der Waals surface area contributed by atoms with Gasteiger partial charge in [0.1, 0.15) is 0 Å². The zero-order chi connectivity index (χ0) is 17.6. The van der Waals surface area contributed by atoms with Crippen molar-refractivity contribution in [1.82, 2.24) is 15.5 Å². The number of benzene rings is 2. The summed E-state index contributed by atoms with van der Waals surface area (Å²) in [6.07, 6.45) is 4.30. The summed E-state index contributed by atoms with van der Waals surface area (Å²) in [5, 5.41) is 7.68. The van der Waals surface area contributed by atoms with Crippen molar-refractivity contribution in [3.63, 3.8) is 0 Å². The van der Waals surface area contributed by atoms with Crippen LogP contribution in [-0.4, -0.2) is 36.5 Å². The lowest BCUT2D eigenvalue weighted by atomic mass is 10.1. The average Bonchev–Trinajstić information content (AvgIpc) is 3.07. The molecule has 3 amide bonds. The Balaban J connectivity index is 1.48. The van der Waals surface area contributed by atoms with Crippen LogP contribution in [0.25, 0.3) is 10.8 Å². The highest BCUT2D eigenvalue weighted by atomic mass is 16.2.